The van der Waals surface area contributed by atoms with Crippen LogP contribution < -0.4 is 4.72 Å². The Bertz CT molecular complexity index is 725. The van der Waals surface area contributed by atoms with E-state index in [1.807, 2.05) is 52.0 Å². The van der Waals surface area contributed by atoms with E-state index < -0.39 is 15.6 Å². The summed E-state index contributed by atoms with van der Waals surface area (Å²) in [6.45, 7) is 8.20. The minimum atomic E-state index is -3.47. The third kappa shape index (κ3) is 6.29. The Hall–Kier alpha value is -1.60. The minimum absolute atomic E-state index is 0.0567. The van der Waals surface area contributed by atoms with E-state index >= 15 is 0 Å². The molecule has 0 spiro atoms. The predicted octanol–water partition coefficient (Wildman–Crippen LogP) is 3.20. The average Bonchev–Trinajstić information content (AvgIpc) is 2.54. The summed E-state index contributed by atoms with van der Waals surface area (Å²) in [5.41, 5.74) is 1.17. The monoisotopic (exact) mass is 382 g/mol. The van der Waals surface area contributed by atoms with Crippen LogP contribution in [0.1, 0.15) is 51.2 Å². The Morgan fingerprint density at radius 1 is 1.27 bits per heavy atom. The number of piperidine rings is 1. The Kier molecular flexibility index (Phi) is 6.69. The van der Waals surface area contributed by atoms with Crippen molar-refractivity contribution in [1.29, 1.82) is 0 Å². The number of nitrogens with one attached hydrogen (secondary N) is 1. The van der Waals surface area contributed by atoms with Crippen LogP contribution in [0.25, 0.3) is 0 Å². The van der Waals surface area contributed by atoms with Gasteiger partial charge in [-0.15, -0.1) is 0 Å². The number of aryl methyl sites for hydroxylation is 1. The van der Waals surface area contributed by atoms with Gasteiger partial charge in [0.15, 0.2) is 0 Å². The van der Waals surface area contributed by atoms with Gasteiger partial charge < -0.3 is 9.64 Å². The number of ether oxygens (including phenoxy) is 1. The lowest BCUT2D eigenvalue weighted by atomic mass is 10.0. The summed E-state index contributed by atoms with van der Waals surface area (Å²) in [5, 5.41) is 0. The van der Waals surface area contributed by atoms with E-state index in [0.29, 0.717) is 6.54 Å². The highest BCUT2D eigenvalue weighted by Crippen LogP contribution is 2.20. The fourth-order valence-corrected chi connectivity index (χ4v) is 4.31. The first-order valence-electron chi connectivity index (χ1n) is 9.09. The van der Waals surface area contributed by atoms with Gasteiger partial charge in [-0.1, -0.05) is 24.3 Å². The quantitative estimate of drug-likeness (QED) is 0.848. The number of rotatable bonds is 5. The third-order valence-corrected chi connectivity index (χ3v) is 5.70. The highest BCUT2D eigenvalue weighted by atomic mass is 32.2. The molecule has 0 bridgehead atoms. The summed E-state index contributed by atoms with van der Waals surface area (Å²) in [5.74, 6) is -0.0567. The van der Waals surface area contributed by atoms with Crippen LogP contribution in [0.4, 0.5) is 4.79 Å². The molecular weight excluding hydrogens is 352 g/mol. The molecular formula is C19H30N2O4S. The molecule has 1 saturated heterocycles. The molecule has 2 rings (SSSR count). The van der Waals surface area contributed by atoms with Gasteiger partial charge in [0.1, 0.15) is 5.60 Å². The molecule has 146 valence electrons. The van der Waals surface area contributed by atoms with Crippen molar-refractivity contribution in [3.05, 3.63) is 35.4 Å². The molecule has 0 saturated carbocycles. The first-order valence-corrected chi connectivity index (χ1v) is 10.7. The van der Waals surface area contributed by atoms with Crippen molar-refractivity contribution in [3.8, 4) is 0 Å². The number of hydrogen-bond acceptors (Lipinski definition) is 4. The van der Waals surface area contributed by atoms with Gasteiger partial charge in [0.05, 0.1) is 5.75 Å². The molecule has 0 aliphatic carbocycles. The highest BCUT2D eigenvalue weighted by molar-refractivity contribution is 7.88. The van der Waals surface area contributed by atoms with E-state index in [1.54, 1.807) is 4.90 Å². The number of nitrogens with zero attached hydrogens (tertiary/aromatic N) is 1. The van der Waals surface area contributed by atoms with E-state index in [4.69, 9.17) is 4.74 Å². The fourth-order valence-electron chi connectivity index (χ4n) is 3.02. The van der Waals surface area contributed by atoms with E-state index in [9.17, 15) is 13.2 Å². The van der Waals surface area contributed by atoms with Crippen molar-refractivity contribution >= 4 is 16.1 Å². The van der Waals surface area contributed by atoms with Gasteiger partial charge in [-0.2, -0.15) is 0 Å². The van der Waals surface area contributed by atoms with Gasteiger partial charge in [-0.25, -0.2) is 17.9 Å². The molecule has 0 unspecified atom stereocenters. The van der Waals surface area contributed by atoms with Crippen LogP contribution in [0.3, 0.4) is 0 Å². The Morgan fingerprint density at radius 3 is 2.62 bits per heavy atom. The molecule has 1 amide bonds. The zero-order chi connectivity index (χ0) is 19.4. The van der Waals surface area contributed by atoms with Crippen LogP contribution >= 0.6 is 0 Å². The normalized spacial score (nSPS) is 18.6. The van der Waals surface area contributed by atoms with Crippen molar-refractivity contribution in [1.82, 2.24) is 9.62 Å². The second-order valence-electron chi connectivity index (χ2n) is 7.86. The van der Waals surface area contributed by atoms with Gasteiger partial charge >= 0.3 is 6.09 Å². The maximum Gasteiger partial charge on any atom is 0.410 e. The molecule has 1 aliphatic rings. The summed E-state index contributed by atoms with van der Waals surface area (Å²) in [6.07, 6.45) is 2.28. The highest BCUT2D eigenvalue weighted by Gasteiger charge is 2.31. The van der Waals surface area contributed by atoms with Crippen molar-refractivity contribution in [2.24, 2.45) is 0 Å². The van der Waals surface area contributed by atoms with Crippen LogP contribution in [0.5, 0.6) is 0 Å². The smallest absolute Gasteiger partial charge is 0.410 e. The molecule has 0 radical (unpaired) electrons. The number of sulfonamides is 1. The van der Waals surface area contributed by atoms with Crippen LogP contribution in [-0.2, 0) is 20.5 Å². The number of amides is 1. The molecule has 1 aliphatic heterocycles. The molecule has 1 aromatic carbocycles. The second-order valence-corrected chi connectivity index (χ2v) is 9.66. The molecule has 26 heavy (non-hydrogen) atoms. The Balaban J connectivity index is 1.99. The topological polar surface area (TPSA) is 75.7 Å². The summed E-state index contributed by atoms with van der Waals surface area (Å²) in [6, 6.07) is 7.27. The lowest BCUT2D eigenvalue weighted by Gasteiger charge is -2.36. The minimum Gasteiger partial charge on any atom is -0.444 e. The lowest BCUT2D eigenvalue weighted by molar-refractivity contribution is 0.0105. The van der Waals surface area contributed by atoms with E-state index in [1.165, 1.54) is 0 Å². The molecule has 1 aromatic rings. The second kappa shape index (κ2) is 8.39. The molecule has 1 atom stereocenters. The number of hydrogen-bond donors (Lipinski definition) is 1. The summed E-state index contributed by atoms with van der Waals surface area (Å²) in [7, 11) is -3.47. The molecule has 1 heterocycles. The maximum absolute atomic E-state index is 12.5. The Labute approximate surface area is 157 Å². The first-order chi connectivity index (χ1) is 12.1. The van der Waals surface area contributed by atoms with Crippen molar-refractivity contribution in [3.63, 3.8) is 0 Å². The molecule has 1 N–H and O–H groups in total. The van der Waals surface area contributed by atoms with E-state index in [2.05, 4.69) is 4.72 Å². The summed E-state index contributed by atoms with van der Waals surface area (Å²) < 4.78 is 33.0. The largest absolute Gasteiger partial charge is 0.444 e. The zero-order valence-electron chi connectivity index (χ0n) is 16.1. The van der Waals surface area contributed by atoms with Gasteiger partial charge in [-0.05, 0) is 58.1 Å². The molecule has 6 nitrogen and oxygen atoms in total. The van der Waals surface area contributed by atoms with Crippen LogP contribution in [0, 0.1) is 6.92 Å². The van der Waals surface area contributed by atoms with E-state index in [0.717, 1.165) is 30.4 Å². The number of likely N-dealkylation sites (tertiary alicyclic amines) is 1. The Morgan fingerprint density at radius 2 is 1.96 bits per heavy atom. The van der Waals surface area contributed by atoms with Crippen LogP contribution in [0.2, 0.25) is 0 Å². The van der Waals surface area contributed by atoms with E-state index in [-0.39, 0.29) is 24.4 Å². The number of benzene rings is 1. The molecule has 1 fully saturated rings. The maximum atomic E-state index is 12.5. The van der Waals surface area contributed by atoms with Crippen LogP contribution in [0.15, 0.2) is 24.3 Å². The van der Waals surface area contributed by atoms with Crippen LogP contribution in [-0.4, -0.2) is 44.1 Å². The summed E-state index contributed by atoms with van der Waals surface area (Å²) >= 11 is 0. The van der Waals surface area contributed by atoms with Gasteiger partial charge in [0, 0.05) is 19.1 Å². The van der Waals surface area contributed by atoms with Crippen molar-refractivity contribution in [2.45, 2.75) is 64.4 Å². The zero-order valence-corrected chi connectivity index (χ0v) is 16.9. The van der Waals surface area contributed by atoms with Gasteiger partial charge in [0.2, 0.25) is 10.0 Å². The van der Waals surface area contributed by atoms with Crippen molar-refractivity contribution < 1.29 is 17.9 Å². The van der Waals surface area contributed by atoms with Gasteiger partial charge in [0.25, 0.3) is 0 Å². The summed E-state index contributed by atoms with van der Waals surface area (Å²) in [4.78, 5) is 14.1. The molecule has 0 aromatic heterocycles. The molecule has 7 heteroatoms. The lowest BCUT2D eigenvalue weighted by Crippen LogP contribution is -2.50. The first kappa shape index (κ1) is 20.7. The fraction of sp³-hybridized carbons (Fsp3) is 0.632. The van der Waals surface area contributed by atoms with Crippen molar-refractivity contribution in [2.75, 3.05) is 13.1 Å². The van der Waals surface area contributed by atoms with Gasteiger partial charge in [-0.3, -0.25) is 0 Å². The number of carbonyl (C=O) groups is 1. The number of carbonyl (C=O) groups excluding carboxylic acids is 1. The average molecular weight is 383 g/mol. The standard InChI is InChI=1S/C19H30N2O4S/c1-15-9-5-6-10-16(15)14-26(23,24)20-13-17-11-7-8-12-21(17)18(22)25-19(2,3)4/h5-6,9-10,17,20H,7-8,11-14H2,1-4H3/t17-/m0/s1. The predicted molar refractivity (Wildman–Crippen MR) is 102 cm³/mol. The third-order valence-electron chi connectivity index (χ3n) is 4.40. The SMILES string of the molecule is Cc1ccccc1CS(=O)(=O)NC[C@@H]1CCCCN1C(=O)OC(C)(C)C.